The van der Waals surface area contributed by atoms with E-state index in [0.717, 1.165) is 53.5 Å². The van der Waals surface area contributed by atoms with Gasteiger partial charge in [-0.15, -0.1) is 11.6 Å². The SMILES string of the molecule is C[C@@H](Cl)[C@@H]1CN(C(=O)c2cc3cc(OCC4CCN(C)CC4)ccc3[nH]2)c2cc(O[C@@H]3OC(CO)[C@H](O)C(O)[C@@H]3O)c3ccccc3c21. The van der Waals surface area contributed by atoms with Gasteiger partial charge in [0.1, 0.15) is 41.6 Å². The smallest absolute Gasteiger partial charge is 0.274 e. The van der Waals surface area contributed by atoms with Crippen molar-refractivity contribution in [1.29, 1.82) is 0 Å². The number of H-pyrrole nitrogens is 1. The number of benzene rings is 3. The lowest BCUT2D eigenvalue weighted by atomic mass is 9.92. The third-order valence-corrected chi connectivity index (χ3v) is 10.4. The Morgan fingerprint density at radius 1 is 1.04 bits per heavy atom. The van der Waals surface area contributed by atoms with Gasteiger partial charge in [0.05, 0.1) is 18.9 Å². The average molecular weight is 680 g/mol. The number of piperidine rings is 1. The van der Waals surface area contributed by atoms with E-state index in [1.165, 1.54) is 0 Å². The molecule has 0 aliphatic carbocycles. The van der Waals surface area contributed by atoms with Crippen LogP contribution in [0.3, 0.4) is 0 Å². The zero-order valence-electron chi connectivity index (χ0n) is 27.0. The Labute approximate surface area is 283 Å². The first-order valence-electron chi connectivity index (χ1n) is 16.6. The minimum Gasteiger partial charge on any atom is -0.493 e. The van der Waals surface area contributed by atoms with Gasteiger partial charge in [0, 0.05) is 40.2 Å². The summed E-state index contributed by atoms with van der Waals surface area (Å²) in [7, 11) is 2.15. The summed E-state index contributed by atoms with van der Waals surface area (Å²) >= 11 is 6.76. The largest absolute Gasteiger partial charge is 0.493 e. The number of aliphatic hydroxyl groups is 4. The number of halogens is 1. The van der Waals surface area contributed by atoms with Gasteiger partial charge in [0.25, 0.3) is 5.91 Å². The van der Waals surface area contributed by atoms with Crippen molar-refractivity contribution in [2.75, 3.05) is 44.8 Å². The zero-order valence-corrected chi connectivity index (χ0v) is 27.7. The normalized spacial score (nSPS) is 27.4. The van der Waals surface area contributed by atoms with E-state index in [-0.39, 0.29) is 17.2 Å². The van der Waals surface area contributed by atoms with Crippen LogP contribution in [0.5, 0.6) is 11.5 Å². The highest BCUT2D eigenvalue weighted by Gasteiger charge is 2.45. The van der Waals surface area contributed by atoms with Crippen LogP contribution < -0.4 is 14.4 Å². The molecule has 2 unspecified atom stereocenters. The number of nitrogens with zero attached hydrogens (tertiary/aromatic N) is 2. The van der Waals surface area contributed by atoms with Gasteiger partial charge in [-0.05, 0) is 81.0 Å². The van der Waals surface area contributed by atoms with Gasteiger partial charge in [-0.1, -0.05) is 24.3 Å². The number of amides is 1. The van der Waals surface area contributed by atoms with Crippen molar-refractivity contribution in [2.24, 2.45) is 5.92 Å². The summed E-state index contributed by atoms with van der Waals surface area (Å²) in [4.78, 5) is 21.6. The van der Waals surface area contributed by atoms with Crippen LogP contribution in [-0.4, -0.2) is 112 Å². The number of aromatic nitrogens is 1. The van der Waals surface area contributed by atoms with Gasteiger partial charge >= 0.3 is 0 Å². The lowest BCUT2D eigenvalue weighted by Gasteiger charge is -2.39. The fourth-order valence-electron chi connectivity index (χ4n) is 7.21. The molecule has 4 heterocycles. The maximum absolute atomic E-state index is 14.3. The van der Waals surface area contributed by atoms with Gasteiger partial charge < -0.3 is 49.4 Å². The van der Waals surface area contributed by atoms with Crippen molar-refractivity contribution in [3.63, 3.8) is 0 Å². The molecule has 0 bridgehead atoms. The monoisotopic (exact) mass is 679 g/mol. The number of fused-ring (bicyclic) bond motifs is 4. The number of anilines is 1. The number of carbonyl (C=O) groups is 1. The summed E-state index contributed by atoms with van der Waals surface area (Å²) in [6.07, 6.45) is -4.98. The van der Waals surface area contributed by atoms with Crippen LogP contribution in [0.25, 0.3) is 21.7 Å². The molecular formula is C36H42ClN3O8. The van der Waals surface area contributed by atoms with Crippen LogP contribution in [-0.2, 0) is 4.74 Å². The number of ether oxygens (including phenoxy) is 3. The molecule has 12 heteroatoms. The van der Waals surface area contributed by atoms with Crippen molar-refractivity contribution in [3.05, 3.63) is 65.9 Å². The zero-order chi connectivity index (χ0) is 33.7. The van der Waals surface area contributed by atoms with E-state index in [0.29, 0.717) is 41.6 Å². The fourth-order valence-corrected chi connectivity index (χ4v) is 7.41. The lowest BCUT2D eigenvalue weighted by molar-refractivity contribution is -0.277. The van der Waals surface area contributed by atoms with Gasteiger partial charge in [0.2, 0.25) is 6.29 Å². The molecule has 3 aliphatic heterocycles. The number of likely N-dealkylation sites (tertiary alicyclic amines) is 1. The Morgan fingerprint density at radius 3 is 2.52 bits per heavy atom. The highest BCUT2D eigenvalue weighted by atomic mass is 35.5. The van der Waals surface area contributed by atoms with Gasteiger partial charge in [-0.25, -0.2) is 0 Å². The van der Waals surface area contributed by atoms with Crippen LogP contribution in [0.15, 0.2) is 54.6 Å². The second-order valence-electron chi connectivity index (χ2n) is 13.4. The van der Waals surface area contributed by atoms with Crippen molar-refractivity contribution in [1.82, 2.24) is 9.88 Å². The summed E-state index contributed by atoms with van der Waals surface area (Å²) < 4.78 is 18.0. The summed E-state index contributed by atoms with van der Waals surface area (Å²) in [5.74, 6) is 1.18. The minimum absolute atomic E-state index is 0.180. The Bertz CT molecular complexity index is 1790. The molecule has 3 aromatic carbocycles. The first-order chi connectivity index (χ1) is 23.1. The second kappa shape index (κ2) is 13.5. The number of hydrogen-bond acceptors (Lipinski definition) is 9. The highest BCUT2D eigenvalue weighted by molar-refractivity contribution is 6.22. The molecule has 7 rings (SSSR count). The van der Waals surface area contributed by atoms with E-state index < -0.39 is 37.3 Å². The number of nitrogens with one attached hydrogen (secondary N) is 1. The van der Waals surface area contributed by atoms with Crippen LogP contribution >= 0.6 is 11.6 Å². The van der Waals surface area contributed by atoms with E-state index >= 15 is 0 Å². The lowest BCUT2D eigenvalue weighted by Crippen LogP contribution is -2.60. The summed E-state index contributed by atoms with van der Waals surface area (Å²) in [6, 6.07) is 16.9. The molecule has 0 saturated carbocycles. The third kappa shape index (κ3) is 6.13. The van der Waals surface area contributed by atoms with Crippen LogP contribution in [0, 0.1) is 5.92 Å². The molecule has 1 amide bonds. The van der Waals surface area contributed by atoms with Crippen molar-refractivity contribution in [3.8, 4) is 11.5 Å². The molecule has 0 radical (unpaired) electrons. The molecule has 5 N–H and O–H groups in total. The fraction of sp³-hybridized carbons (Fsp3) is 0.472. The molecular weight excluding hydrogens is 638 g/mol. The molecule has 3 aliphatic rings. The van der Waals surface area contributed by atoms with Crippen molar-refractivity contribution >= 4 is 44.9 Å². The number of aliphatic hydroxyl groups excluding tert-OH is 4. The second-order valence-corrected chi connectivity index (χ2v) is 14.0. The van der Waals surface area contributed by atoms with E-state index in [1.807, 2.05) is 55.5 Å². The Morgan fingerprint density at radius 2 is 1.79 bits per heavy atom. The molecule has 0 spiro atoms. The highest BCUT2D eigenvalue weighted by Crippen LogP contribution is 2.48. The molecule has 7 atom stereocenters. The number of rotatable bonds is 8. The first kappa shape index (κ1) is 33.1. The van der Waals surface area contributed by atoms with Gasteiger partial charge in [0.15, 0.2) is 0 Å². The van der Waals surface area contributed by atoms with E-state index in [2.05, 4.69) is 16.9 Å². The topological polar surface area (TPSA) is 148 Å². The molecule has 4 aromatic rings. The number of alkyl halides is 1. The number of carbonyl (C=O) groups excluding carboxylic acids is 1. The predicted molar refractivity (Wildman–Crippen MR) is 182 cm³/mol. The molecule has 1 aromatic heterocycles. The Hall–Kier alpha value is -3.42. The predicted octanol–water partition coefficient (Wildman–Crippen LogP) is 3.59. The maximum atomic E-state index is 14.3. The number of aromatic amines is 1. The molecule has 256 valence electrons. The van der Waals surface area contributed by atoms with E-state index in [9.17, 15) is 25.2 Å². The van der Waals surface area contributed by atoms with Crippen molar-refractivity contribution < 1.29 is 39.4 Å². The van der Waals surface area contributed by atoms with Crippen LogP contribution in [0.4, 0.5) is 5.69 Å². The van der Waals surface area contributed by atoms with Crippen LogP contribution in [0.2, 0.25) is 0 Å². The molecule has 48 heavy (non-hydrogen) atoms. The molecule has 11 nitrogen and oxygen atoms in total. The van der Waals surface area contributed by atoms with E-state index in [4.69, 9.17) is 25.8 Å². The summed E-state index contributed by atoms with van der Waals surface area (Å²) in [6.45, 7) is 4.50. The number of hydrogen-bond donors (Lipinski definition) is 5. The van der Waals surface area contributed by atoms with Gasteiger partial charge in [-0.3, -0.25) is 4.79 Å². The van der Waals surface area contributed by atoms with Crippen LogP contribution in [0.1, 0.15) is 41.7 Å². The summed E-state index contributed by atoms with van der Waals surface area (Å²) in [5, 5.41) is 43.1. The maximum Gasteiger partial charge on any atom is 0.274 e. The van der Waals surface area contributed by atoms with Crippen molar-refractivity contribution in [2.45, 2.75) is 61.8 Å². The quantitative estimate of drug-likeness (QED) is 0.176. The Kier molecular flexibility index (Phi) is 9.29. The Balaban J connectivity index is 1.19. The third-order valence-electron chi connectivity index (χ3n) is 10.1. The first-order valence-corrected chi connectivity index (χ1v) is 17.0. The van der Waals surface area contributed by atoms with Gasteiger partial charge in [-0.2, -0.15) is 0 Å². The van der Waals surface area contributed by atoms with E-state index in [1.54, 1.807) is 11.0 Å². The molecule has 2 fully saturated rings. The molecule has 2 saturated heterocycles. The average Bonchev–Trinajstić information content (AvgIpc) is 3.70. The standard InChI is InChI=1S/C36H42ClN3O8/c1-19(37)25-16-40(35(45)27-14-21-13-22(7-8-26(21)38-27)46-18-20-9-11-39(2)12-10-20)28-15-29(23-5-3-4-6-24(23)31(25)28)47-36-34(44)33(43)32(42)30(17-41)48-36/h3-8,13-15,19-20,25,30,32-34,36,38,41-44H,9-12,16-18H2,1-2H3/t19-,25+,30?,32+,33?,34+,36-/m1/s1. The minimum atomic E-state index is -1.59. The summed E-state index contributed by atoms with van der Waals surface area (Å²) in [5.41, 5.74) is 2.74.